The van der Waals surface area contributed by atoms with Gasteiger partial charge in [0.25, 0.3) is 5.91 Å². The molecule has 0 unspecified atom stereocenters. The number of ether oxygens (including phenoxy) is 1. The molecule has 0 fully saturated rings. The number of hydrogen-bond acceptors (Lipinski definition) is 4. The second-order valence-electron chi connectivity index (χ2n) is 10.2. The van der Waals surface area contributed by atoms with Gasteiger partial charge in [-0.2, -0.15) is 23.4 Å². The monoisotopic (exact) mass is 568 g/mol. The third-order valence-corrected chi connectivity index (χ3v) is 6.53. The van der Waals surface area contributed by atoms with Crippen molar-refractivity contribution in [2.75, 3.05) is 0 Å². The van der Waals surface area contributed by atoms with Gasteiger partial charge in [0.15, 0.2) is 0 Å². The van der Waals surface area contributed by atoms with Crippen LogP contribution in [0.1, 0.15) is 59.1 Å². The molecule has 4 aromatic rings. The van der Waals surface area contributed by atoms with Crippen LogP contribution in [0.15, 0.2) is 77.9 Å². The van der Waals surface area contributed by atoms with Crippen LogP contribution in [0.4, 0.5) is 13.2 Å². The summed E-state index contributed by atoms with van der Waals surface area (Å²) in [5.41, 5.74) is 5.13. The molecule has 40 heavy (non-hydrogen) atoms. The molecule has 0 aliphatic heterocycles. The molecule has 4 rings (SSSR count). The molecule has 0 atom stereocenters. The van der Waals surface area contributed by atoms with Crippen LogP contribution in [0.5, 0.6) is 5.75 Å². The Morgan fingerprint density at radius 1 is 1.02 bits per heavy atom. The van der Waals surface area contributed by atoms with Gasteiger partial charge in [-0.1, -0.05) is 62.7 Å². The topological polar surface area (TPSA) is 68.5 Å². The largest absolute Gasteiger partial charge is 0.489 e. The van der Waals surface area contributed by atoms with Crippen molar-refractivity contribution >= 4 is 23.7 Å². The molecule has 0 aliphatic carbocycles. The van der Waals surface area contributed by atoms with Crippen LogP contribution in [0.2, 0.25) is 5.15 Å². The molecule has 1 heterocycles. The van der Waals surface area contributed by atoms with Crippen LogP contribution in [-0.4, -0.2) is 21.9 Å². The smallest absolute Gasteiger partial charge is 0.416 e. The van der Waals surface area contributed by atoms with E-state index in [0.717, 1.165) is 23.4 Å². The number of nitrogens with one attached hydrogen (secondary N) is 1. The fraction of sp³-hybridized carbons (Fsp3) is 0.233. The highest BCUT2D eigenvalue weighted by Crippen LogP contribution is 2.31. The Morgan fingerprint density at radius 3 is 2.33 bits per heavy atom. The standard InChI is InChI=1S/C30H28ClF3N4O2/c1-19-26(27(31)38(37-19)24-7-5-6-23(16-24)30(32,33)34)17-35-36-28(39)21-10-8-20(9-11-21)18-40-25-14-12-22(13-15-25)29(2,3)4/h5-17H,18H2,1-4H3,(H,36,39). The Bertz CT molecular complexity index is 1520. The highest BCUT2D eigenvalue weighted by Gasteiger charge is 2.31. The molecule has 1 aromatic heterocycles. The summed E-state index contributed by atoms with van der Waals surface area (Å²) in [6.45, 7) is 8.45. The van der Waals surface area contributed by atoms with E-state index in [-0.39, 0.29) is 16.3 Å². The van der Waals surface area contributed by atoms with E-state index >= 15 is 0 Å². The van der Waals surface area contributed by atoms with Crippen molar-refractivity contribution in [2.24, 2.45) is 5.10 Å². The predicted octanol–water partition coefficient (Wildman–Crippen LogP) is 7.49. The van der Waals surface area contributed by atoms with E-state index in [0.29, 0.717) is 23.4 Å². The van der Waals surface area contributed by atoms with Crippen LogP contribution >= 0.6 is 11.6 Å². The molecule has 3 aromatic carbocycles. The lowest BCUT2D eigenvalue weighted by atomic mass is 9.87. The van der Waals surface area contributed by atoms with Gasteiger partial charge in [-0.25, -0.2) is 10.1 Å². The van der Waals surface area contributed by atoms with Crippen molar-refractivity contribution in [3.8, 4) is 11.4 Å². The number of alkyl halides is 3. The maximum Gasteiger partial charge on any atom is 0.416 e. The molecule has 0 bridgehead atoms. The Hall–Kier alpha value is -4.11. The Balaban J connectivity index is 1.36. The van der Waals surface area contributed by atoms with Crippen molar-refractivity contribution < 1.29 is 22.7 Å². The van der Waals surface area contributed by atoms with Crippen LogP contribution in [0.3, 0.4) is 0 Å². The number of aryl methyl sites for hydroxylation is 1. The summed E-state index contributed by atoms with van der Waals surface area (Å²) >= 11 is 6.39. The molecule has 0 saturated heterocycles. The van der Waals surface area contributed by atoms with E-state index in [1.54, 1.807) is 31.2 Å². The fourth-order valence-electron chi connectivity index (χ4n) is 3.83. The quantitative estimate of drug-likeness (QED) is 0.185. The minimum absolute atomic E-state index is 0.0622. The fourth-order valence-corrected chi connectivity index (χ4v) is 4.15. The van der Waals surface area contributed by atoms with Gasteiger partial charge in [0, 0.05) is 5.56 Å². The van der Waals surface area contributed by atoms with Crippen LogP contribution in [0, 0.1) is 6.92 Å². The predicted molar refractivity (Wildman–Crippen MR) is 149 cm³/mol. The summed E-state index contributed by atoms with van der Waals surface area (Å²) in [5, 5.41) is 8.25. The van der Waals surface area contributed by atoms with Gasteiger partial charge in [-0.3, -0.25) is 4.79 Å². The van der Waals surface area contributed by atoms with E-state index in [2.05, 4.69) is 36.4 Å². The van der Waals surface area contributed by atoms with Gasteiger partial charge < -0.3 is 4.74 Å². The van der Waals surface area contributed by atoms with Crippen molar-refractivity contribution in [3.63, 3.8) is 0 Å². The van der Waals surface area contributed by atoms with E-state index in [4.69, 9.17) is 16.3 Å². The summed E-state index contributed by atoms with van der Waals surface area (Å²) in [4.78, 5) is 12.5. The van der Waals surface area contributed by atoms with E-state index in [1.165, 1.54) is 28.6 Å². The number of nitrogens with zero attached hydrogens (tertiary/aromatic N) is 3. The lowest BCUT2D eigenvalue weighted by Gasteiger charge is -2.19. The van der Waals surface area contributed by atoms with Gasteiger partial charge in [-0.05, 0) is 65.9 Å². The van der Waals surface area contributed by atoms with Crippen LogP contribution in [-0.2, 0) is 18.2 Å². The summed E-state index contributed by atoms with van der Waals surface area (Å²) in [6.07, 6.45) is -3.19. The number of carbonyl (C=O) groups excluding carboxylic acids is 1. The van der Waals surface area contributed by atoms with E-state index < -0.39 is 17.6 Å². The van der Waals surface area contributed by atoms with Gasteiger partial charge in [-0.15, -0.1) is 0 Å². The molecule has 0 saturated carbocycles. The normalized spacial score (nSPS) is 12.1. The first-order chi connectivity index (χ1) is 18.8. The minimum atomic E-state index is -4.50. The third-order valence-electron chi connectivity index (χ3n) is 6.17. The Kier molecular flexibility index (Phi) is 8.34. The van der Waals surface area contributed by atoms with Crippen molar-refractivity contribution in [2.45, 2.75) is 45.9 Å². The molecule has 1 amide bonds. The van der Waals surface area contributed by atoms with Gasteiger partial charge in [0.2, 0.25) is 0 Å². The van der Waals surface area contributed by atoms with Crippen LogP contribution < -0.4 is 10.2 Å². The maximum atomic E-state index is 13.1. The summed E-state index contributed by atoms with van der Waals surface area (Å²) in [7, 11) is 0. The first kappa shape index (κ1) is 28.9. The minimum Gasteiger partial charge on any atom is -0.489 e. The van der Waals surface area contributed by atoms with Gasteiger partial charge in [0.05, 0.1) is 28.7 Å². The zero-order valence-corrected chi connectivity index (χ0v) is 23.1. The summed E-state index contributed by atoms with van der Waals surface area (Å²) in [6, 6.07) is 19.6. The number of halogens is 4. The average Bonchev–Trinajstić information content (AvgIpc) is 3.20. The SMILES string of the molecule is Cc1nn(-c2cccc(C(F)(F)F)c2)c(Cl)c1C=NNC(=O)c1ccc(COc2ccc(C(C)(C)C)cc2)cc1. The number of aromatic nitrogens is 2. The number of benzene rings is 3. The summed E-state index contributed by atoms with van der Waals surface area (Å²) < 4.78 is 46.3. The number of hydrazone groups is 1. The highest BCUT2D eigenvalue weighted by atomic mass is 35.5. The molecule has 6 nitrogen and oxygen atoms in total. The summed E-state index contributed by atoms with van der Waals surface area (Å²) in [5.74, 6) is 0.315. The van der Waals surface area contributed by atoms with Gasteiger partial charge >= 0.3 is 6.18 Å². The second kappa shape index (κ2) is 11.6. The lowest BCUT2D eigenvalue weighted by Crippen LogP contribution is -2.17. The second-order valence-corrected chi connectivity index (χ2v) is 10.6. The lowest BCUT2D eigenvalue weighted by molar-refractivity contribution is -0.137. The maximum absolute atomic E-state index is 13.1. The van der Waals surface area contributed by atoms with Crippen LogP contribution in [0.25, 0.3) is 5.69 Å². The molecule has 1 N–H and O–H groups in total. The number of carbonyl (C=O) groups is 1. The van der Waals surface area contributed by atoms with Crippen molar-refractivity contribution in [3.05, 3.63) is 111 Å². The van der Waals surface area contributed by atoms with Gasteiger partial charge in [0.1, 0.15) is 17.5 Å². The molecule has 0 radical (unpaired) electrons. The average molecular weight is 569 g/mol. The molecule has 0 aliphatic rings. The third kappa shape index (κ3) is 6.90. The Labute approximate surface area is 235 Å². The van der Waals surface area contributed by atoms with Crippen molar-refractivity contribution in [1.82, 2.24) is 15.2 Å². The molecular formula is C30H28ClF3N4O2. The molecule has 0 spiro atoms. The van der Waals surface area contributed by atoms with E-state index in [1.807, 2.05) is 24.3 Å². The zero-order valence-electron chi connectivity index (χ0n) is 22.4. The zero-order chi connectivity index (χ0) is 29.1. The number of amides is 1. The first-order valence-electron chi connectivity index (χ1n) is 12.4. The van der Waals surface area contributed by atoms with E-state index in [9.17, 15) is 18.0 Å². The van der Waals surface area contributed by atoms with Crippen molar-refractivity contribution in [1.29, 1.82) is 0 Å². The molecule has 10 heteroatoms. The number of rotatable bonds is 7. The number of hydrogen-bond donors (Lipinski definition) is 1. The molecular weight excluding hydrogens is 541 g/mol. The first-order valence-corrected chi connectivity index (χ1v) is 12.8. The molecule has 208 valence electrons. The highest BCUT2D eigenvalue weighted by molar-refractivity contribution is 6.32. The Morgan fingerprint density at radius 2 is 1.70 bits per heavy atom.